The molecule has 1 aromatic rings. The Labute approximate surface area is 125 Å². The first-order valence-corrected chi connectivity index (χ1v) is 7.86. The van der Waals surface area contributed by atoms with E-state index in [1.54, 1.807) is 0 Å². The molecule has 110 valence electrons. The highest BCUT2D eigenvalue weighted by atomic mass is 14.4. The second-order valence-corrected chi connectivity index (χ2v) is 6.40. The van der Waals surface area contributed by atoms with Crippen LogP contribution < -0.4 is 0 Å². The molecule has 0 nitrogen and oxygen atoms in total. The summed E-state index contributed by atoms with van der Waals surface area (Å²) >= 11 is 0. The van der Waals surface area contributed by atoms with Crippen molar-refractivity contribution in [1.82, 2.24) is 0 Å². The third-order valence-corrected chi connectivity index (χ3v) is 4.22. The van der Waals surface area contributed by atoms with Crippen molar-refractivity contribution in [3.63, 3.8) is 0 Å². The second kappa shape index (κ2) is 6.43. The Morgan fingerprint density at radius 3 is 2.25 bits per heavy atom. The molecule has 0 radical (unpaired) electrons. The normalized spacial score (nSPS) is 21.0. The van der Waals surface area contributed by atoms with E-state index in [-0.39, 0.29) is 5.41 Å². The van der Waals surface area contributed by atoms with Gasteiger partial charge in [-0.2, -0.15) is 0 Å². The molecular weight excluding hydrogens is 240 g/mol. The van der Waals surface area contributed by atoms with Crippen LogP contribution in [0.1, 0.15) is 70.6 Å². The van der Waals surface area contributed by atoms with Crippen LogP contribution in [0.4, 0.5) is 0 Å². The van der Waals surface area contributed by atoms with Crippen LogP contribution in [0.25, 0.3) is 11.6 Å². The van der Waals surface area contributed by atoms with Crippen LogP contribution in [-0.2, 0) is 0 Å². The molecule has 0 bridgehead atoms. The maximum atomic E-state index is 4.40. The highest BCUT2D eigenvalue weighted by Crippen LogP contribution is 2.54. The number of fused-ring (bicyclic) bond motifs is 1. The lowest BCUT2D eigenvalue weighted by Crippen LogP contribution is -2.23. The molecule has 0 fully saturated rings. The summed E-state index contributed by atoms with van der Waals surface area (Å²) in [4.78, 5) is 0. The van der Waals surface area contributed by atoms with Crippen LogP contribution in [0, 0.1) is 11.3 Å². The lowest BCUT2D eigenvalue weighted by molar-refractivity contribution is 0.266. The van der Waals surface area contributed by atoms with Crippen LogP contribution in [0.3, 0.4) is 0 Å². The molecule has 0 saturated carbocycles. The highest BCUT2D eigenvalue weighted by molar-refractivity contribution is 5.81. The largest absolute Gasteiger partial charge is 0.0984 e. The molecule has 0 spiro atoms. The topological polar surface area (TPSA) is 0 Å². The fourth-order valence-corrected chi connectivity index (χ4v) is 3.60. The molecule has 2 rings (SSSR count). The van der Waals surface area contributed by atoms with Crippen molar-refractivity contribution in [1.29, 1.82) is 0 Å². The molecule has 0 heteroatoms. The zero-order chi connectivity index (χ0) is 15.5. The average Bonchev–Trinajstić information content (AvgIpc) is 2.73. The molecule has 0 N–H and O–H groups in total. The fourth-order valence-electron chi connectivity index (χ4n) is 3.60. The van der Waals surface area contributed by atoms with E-state index in [1.807, 2.05) is 19.9 Å². The molecular formula is C20H30. The Kier molecular flexibility index (Phi) is 5.39. The molecule has 20 heavy (non-hydrogen) atoms. The minimum Gasteiger partial charge on any atom is -0.0984 e. The van der Waals surface area contributed by atoms with E-state index < -0.39 is 0 Å². The van der Waals surface area contributed by atoms with Gasteiger partial charge in [0.05, 0.1) is 0 Å². The average molecular weight is 270 g/mol. The molecule has 1 aromatic carbocycles. The summed E-state index contributed by atoms with van der Waals surface area (Å²) in [6.07, 6.45) is 3.14. The Bertz CT molecular complexity index is 485. The monoisotopic (exact) mass is 270 g/mol. The molecule has 0 saturated heterocycles. The molecule has 0 heterocycles. The van der Waals surface area contributed by atoms with Crippen molar-refractivity contribution >= 4 is 11.6 Å². The summed E-state index contributed by atoms with van der Waals surface area (Å²) in [5.74, 6) is 1.14. The maximum absolute atomic E-state index is 4.40. The Hall–Kier alpha value is -1.30. The highest BCUT2D eigenvalue weighted by Gasteiger charge is 2.41. The lowest BCUT2D eigenvalue weighted by Gasteiger charge is -2.33. The fraction of sp³-hybridized carbons (Fsp3) is 0.500. The summed E-state index contributed by atoms with van der Waals surface area (Å²) < 4.78 is 0. The van der Waals surface area contributed by atoms with Gasteiger partial charge >= 0.3 is 0 Å². The third kappa shape index (κ3) is 2.75. The lowest BCUT2D eigenvalue weighted by atomic mass is 9.71. The summed E-state index contributed by atoms with van der Waals surface area (Å²) in [5, 5.41) is 0. The number of hydrogen-bond donors (Lipinski definition) is 0. The van der Waals surface area contributed by atoms with Crippen LogP contribution >= 0.6 is 0 Å². The Morgan fingerprint density at radius 1 is 1.20 bits per heavy atom. The molecule has 1 aliphatic carbocycles. The smallest absolute Gasteiger partial charge is 0.00439 e. The predicted molar refractivity (Wildman–Crippen MR) is 92.9 cm³/mol. The Balaban J connectivity index is 0.000000956. The van der Waals surface area contributed by atoms with Crippen molar-refractivity contribution in [3.05, 3.63) is 48.0 Å². The van der Waals surface area contributed by atoms with Gasteiger partial charge in [-0.25, -0.2) is 0 Å². The second-order valence-electron chi connectivity index (χ2n) is 6.40. The Morgan fingerprint density at radius 2 is 1.80 bits per heavy atom. The molecule has 2 unspecified atom stereocenters. The summed E-state index contributed by atoms with van der Waals surface area (Å²) in [7, 11) is 0. The first-order valence-electron chi connectivity index (χ1n) is 7.86. The van der Waals surface area contributed by atoms with Crippen LogP contribution in [0.2, 0.25) is 0 Å². The van der Waals surface area contributed by atoms with Crippen LogP contribution in [0.15, 0.2) is 31.4 Å². The van der Waals surface area contributed by atoms with Crippen molar-refractivity contribution in [2.24, 2.45) is 11.3 Å². The minimum atomic E-state index is 0.259. The maximum Gasteiger partial charge on any atom is -0.00439 e. The van der Waals surface area contributed by atoms with E-state index >= 15 is 0 Å². The van der Waals surface area contributed by atoms with E-state index in [9.17, 15) is 0 Å². The number of rotatable bonds is 2. The standard InChI is InChI=1S/C18H24.C2H6/c1-7-13-10-9-11-15-14(8-2)17(18(4,5)6)12(3)16(13)15;1-2/h7,9-11,14,17H,1,3,8H2,2,4-6H3;1-2H3. The predicted octanol–water partition coefficient (Wildman–Crippen LogP) is 6.54. The quantitative estimate of drug-likeness (QED) is 0.572. The summed E-state index contributed by atoms with van der Waals surface area (Å²) in [6, 6.07) is 6.57. The zero-order valence-electron chi connectivity index (χ0n) is 14.1. The number of hydrogen-bond acceptors (Lipinski definition) is 0. The zero-order valence-corrected chi connectivity index (χ0v) is 14.1. The summed E-state index contributed by atoms with van der Waals surface area (Å²) in [6.45, 7) is 21.6. The van der Waals surface area contributed by atoms with Gasteiger partial charge in [0.25, 0.3) is 0 Å². The van der Waals surface area contributed by atoms with Gasteiger partial charge in [-0.3, -0.25) is 0 Å². The van der Waals surface area contributed by atoms with Crippen LogP contribution in [0.5, 0.6) is 0 Å². The van der Waals surface area contributed by atoms with Crippen molar-refractivity contribution in [3.8, 4) is 0 Å². The van der Waals surface area contributed by atoms with Crippen molar-refractivity contribution in [2.75, 3.05) is 0 Å². The molecule has 0 aromatic heterocycles. The first kappa shape index (κ1) is 16.8. The van der Waals surface area contributed by atoms with Crippen molar-refractivity contribution in [2.45, 2.75) is 53.9 Å². The molecule has 1 aliphatic rings. The summed E-state index contributed by atoms with van der Waals surface area (Å²) in [5.41, 5.74) is 5.64. The first-order chi connectivity index (χ1) is 9.41. The van der Waals surface area contributed by atoms with E-state index in [1.165, 1.54) is 28.7 Å². The van der Waals surface area contributed by atoms with E-state index in [0.29, 0.717) is 11.8 Å². The third-order valence-electron chi connectivity index (χ3n) is 4.22. The van der Waals surface area contributed by atoms with Crippen molar-refractivity contribution < 1.29 is 0 Å². The molecule has 2 atom stereocenters. The van der Waals surface area contributed by atoms with Gasteiger partial charge < -0.3 is 0 Å². The van der Waals surface area contributed by atoms with Crippen LogP contribution in [-0.4, -0.2) is 0 Å². The van der Waals surface area contributed by atoms with Gasteiger partial charge in [-0.05, 0) is 45.9 Å². The van der Waals surface area contributed by atoms with Gasteiger partial charge in [0.2, 0.25) is 0 Å². The van der Waals surface area contributed by atoms with E-state index in [4.69, 9.17) is 0 Å². The SMILES string of the molecule is C=Cc1cccc2c1C(=C)C(C(C)(C)C)C2CC.CC. The van der Waals surface area contributed by atoms with Gasteiger partial charge in [0.1, 0.15) is 0 Å². The minimum absolute atomic E-state index is 0.259. The van der Waals surface area contributed by atoms with Gasteiger partial charge in [-0.15, -0.1) is 0 Å². The number of benzene rings is 1. The van der Waals surface area contributed by atoms with E-state index in [2.05, 4.69) is 59.1 Å². The molecule has 0 amide bonds. The van der Waals surface area contributed by atoms with Gasteiger partial charge in [0.15, 0.2) is 0 Å². The van der Waals surface area contributed by atoms with E-state index in [0.717, 1.165) is 0 Å². The molecule has 0 aliphatic heterocycles. The number of allylic oxidation sites excluding steroid dienone is 1. The van der Waals surface area contributed by atoms with Gasteiger partial charge in [-0.1, -0.05) is 79.0 Å². The van der Waals surface area contributed by atoms with Gasteiger partial charge in [0, 0.05) is 0 Å².